The predicted octanol–water partition coefficient (Wildman–Crippen LogP) is -2.89. The Labute approximate surface area is 93.7 Å². The summed E-state index contributed by atoms with van der Waals surface area (Å²) < 4.78 is 20.3. The zero-order chi connectivity index (χ0) is 12.4. The van der Waals surface area contributed by atoms with Gasteiger partial charge in [0.2, 0.25) is 11.9 Å². The topological polar surface area (TPSA) is 125 Å². The average Bonchev–Trinajstić information content (AvgIpc) is 2.28. The van der Waals surface area contributed by atoms with Crippen LogP contribution in [0.4, 0.5) is 0 Å². The van der Waals surface area contributed by atoms with Crippen LogP contribution in [-0.2, 0) is 18.9 Å². The third-order valence-electron chi connectivity index (χ3n) is 2.29. The number of methoxy groups -OCH3 is 4. The highest BCUT2D eigenvalue weighted by Crippen LogP contribution is 2.16. The molecule has 1 rings (SSSR count). The van der Waals surface area contributed by atoms with Gasteiger partial charge < -0.3 is 18.9 Å². The number of ether oxygens (including phenoxy) is 4. The van der Waals surface area contributed by atoms with E-state index in [0.717, 1.165) is 0 Å². The number of nitrogens with two attached hydrogens (primary N) is 2. The van der Waals surface area contributed by atoms with Gasteiger partial charge in [0.1, 0.15) is 0 Å². The molecule has 0 aromatic rings. The molecule has 1 heterocycles. The minimum Gasteiger partial charge on any atom is -0.338 e. The first kappa shape index (κ1) is 13.7. The smallest absolute Gasteiger partial charge is 0.300 e. The van der Waals surface area contributed by atoms with Crippen molar-refractivity contribution in [3.63, 3.8) is 0 Å². The zero-order valence-corrected chi connectivity index (χ0v) is 9.79. The second-order valence-electron chi connectivity index (χ2n) is 3.28. The number of hydrogen-bond donors (Lipinski definition) is 5. The Morgan fingerprint density at radius 3 is 1.31 bits per heavy atom. The lowest BCUT2D eigenvalue weighted by Crippen LogP contribution is -2.91. The molecule has 2 atom stereocenters. The largest absolute Gasteiger partial charge is 0.338 e. The van der Waals surface area contributed by atoms with Gasteiger partial charge in [0, 0.05) is 28.4 Å². The average molecular weight is 237 g/mol. The first-order valence-corrected chi connectivity index (χ1v) is 4.53. The van der Waals surface area contributed by atoms with Crippen molar-refractivity contribution in [3.05, 3.63) is 0 Å². The summed E-state index contributed by atoms with van der Waals surface area (Å²) in [5, 5.41) is 8.08. The van der Waals surface area contributed by atoms with Crippen LogP contribution in [0.15, 0.2) is 0 Å². The molecule has 0 aliphatic carbocycles. The SMILES string of the molecule is COC1(N)NC(N)(OC)NC(OC)(OC)N1. The van der Waals surface area contributed by atoms with Gasteiger partial charge in [-0.1, -0.05) is 0 Å². The lowest BCUT2D eigenvalue weighted by atomic mass is 10.4. The monoisotopic (exact) mass is 237 g/mol. The van der Waals surface area contributed by atoms with Crippen LogP contribution < -0.4 is 27.4 Å². The van der Waals surface area contributed by atoms with E-state index < -0.39 is 18.0 Å². The Balaban J connectivity index is 2.99. The minimum absolute atomic E-state index is 1.39. The molecule has 1 saturated heterocycles. The lowest BCUT2D eigenvalue weighted by molar-refractivity contribution is -0.352. The molecule has 1 aliphatic rings. The Morgan fingerprint density at radius 2 is 1.06 bits per heavy atom. The van der Waals surface area contributed by atoms with Crippen molar-refractivity contribution in [1.29, 1.82) is 0 Å². The summed E-state index contributed by atoms with van der Waals surface area (Å²) in [6.45, 7) is 0. The van der Waals surface area contributed by atoms with Crippen LogP contribution in [0.1, 0.15) is 0 Å². The maximum atomic E-state index is 5.83. The van der Waals surface area contributed by atoms with E-state index in [1.54, 1.807) is 0 Å². The molecule has 0 amide bonds. The number of hydrogen-bond acceptors (Lipinski definition) is 9. The second-order valence-corrected chi connectivity index (χ2v) is 3.28. The molecule has 1 fully saturated rings. The van der Waals surface area contributed by atoms with Gasteiger partial charge in [-0.25, -0.2) is 5.32 Å². The van der Waals surface area contributed by atoms with Gasteiger partial charge in [-0.05, 0) is 0 Å². The van der Waals surface area contributed by atoms with Crippen LogP contribution in [0.25, 0.3) is 0 Å². The molecule has 0 aromatic carbocycles. The molecule has 0 bridgehead atoms. The molecule has 2 unspecified atom stereocenters. The summed E-state index contributed by atoms with van der Waals surface area (Å²) >= 11 is 0. The van der Waals surface area contributed by atoms with Crippen LogP contribution in [0.3, 0.4) is 0 Å². The first-order chi connectivity index (χ1) is 7.36. The summed E-state index contributed by atoms with van der Waals surface area (Å²) in [6, 6.07) is -1.43. The van der Waals surface area contributed by atoms with E-state index in [-0.39, 0.29) is 0 Å². The fourth-order valence-corrected chi connectivity index (χ4v) is 1.35. The van der Waals surface area contributed by atoms with Gasteiger partial charge in [0.05, 0.1) is 0 Å². The van der Waals surface area contributed by atoms with Crippen molar-refractivity contribution < 1.29 is 18.9 Å². The van der Waals surface area contributed by atoms with Gasteiger partial charge in [0.15, 0.2) is 0 Å². The fraction of sp³-hybridized carbons (Fsp3) is 1.00. The van der Waals surface area contributed by atoms with E-state index in [4.69, 9.17) is 30.4 Å². The van der Waals surface area contributed by atoms with E-state index in [1.165, 1.54) is 28.4 Å². The molecule has 16 heavy (non-hydrogen) atoms. The van der Waals surface area contributed by atoms with Crippen molar-refractivity contribution >= 4 is 0 Å². The minimum atomic E-state index is -1.47. The second kappa shape index (κ2) is 4.49. The quantitative estimate of drug-likeness (QED) is 0.327. The molecule has 1 aliphatic heterocycles. The molecular formula is C7H19N5O4. The number of nitrogens with one attached hydrogen (secondary N) is 3. The van der Waals surface area contributed by atoms with Gasteiger partial charge in [-0.3, -0.25) is 11.5 Å². The van der Waals surface area contributed by atoms with Crippen LogP contribution >= 0.6 is 0 Å². The Kier molecular flexibility index (Phi) is 3.84. The standard InChI is InChI=1S/C7H19N5O4/c1-13-5(8)10-6(9,14-2)12-7(11-5,15-3)16-4/h10-12H,8-9H2,1-4H3. The van der Waals surface area contributed by atoms with Crippen LogP contribution in [0.2, 0.25) is 0 Å². The molecular weight excluding hydrogens is 218 g/mol. The molecule has 0 radical (unpaired) electrons. The van der Waals surface area contributed by atoms with Crippen molar-refractivity contribution in [2.24, 2.45) is 11.5 Å². The molecule has 0 saturated carbocycles. The van der Waals surface area contributed by atoms with Gasteiger partial charge in [-0.15, -0.1) is 0 Å². The highest BCUT2D eigenvalue weighted by atomic mass is 16.7. The molecule has 7 N–H and O–H groups in total. The summed E-state index contributed by atoms with van der Waals surface area (Å²) in [5.74, 6) is -2.94. The Bertz CT molecular complexity index is 231. The predicted molar refractivity (Wildman–Crippen MR) is 54.0 cm³/mol. The first-order valence-electron chi connectivity index (χ1n) is 4.53. The normalized spacial score (nSPS) is 38.6. The summed E-state index contributed by atoms with van der Waals surface area (Å²) in [7, 11) is 5.58. The Morgan fingerprint density at radius 1 is 0.688 bits per heavy atom. The van der Waals surface area contributed by atoms with Gasteiger partial charge in [0.25, 0.3) is 6.03 Å². The van der Waals surface area contributed by atoms with Crippen molar-refractivity contribution in [3.8, 4) is 0 Å². The van der Waals surface area contributed by atoms with Crippen LogP contribution in [0.5, 0.6) is 0 Å². The third kappa shape index (κ3) is 2.48. The van der Waals surface area contributed by atoms with E-state index in [1.807, 2.05) is 0 Å². The Hall–Kier alpha value is -0.360. The van der Waals surface area contributed by atoms with E-state index in [9.17, 15) is 0 Å². The summed E-state index contributed by atoms with van der Waals surface area (Å²) in [4.78, 5) is 0. The van der Waals surface area contributed by atoms with Gasteiger partial charge in [-0.2, -0.15) is 10.6 Å². The van der Waals surface area contributed by atoms with Crippen LogP contribution in [0, 0.1) is 0 Å². The maximum Gasteiger partial charge on any atom is 0.300 e. The molecule has 9 heteroatoms. The highest BCUT2D eigenvalue weighted by Gasteiger charge is 2.53. The fourth-order valence-electron chi connectivity index (χ4n) is 1.35. The van der Waals surface area contributed by atoms with E-state index in [2.05, 4.69) is 16.0 Å². The third-order valence-corrected chi connectivity index (χ3v) is 2.29. The lowest BCUT2D eigenvalue weighted by Gasteiger charge is -2.51. The zero-order valence-electron chi connectivity index (χ0n) is 9.79. The molecule has 0 spiro atoms. The molecule has 0 aromatic heterocycles. The van der Waals surface area contributed by atoms with E-state index in [0.29, 0.717) is 0 Å². The van der Waals surface area contributed by atoms with E-state index >= 15 is 0 Å². The maximum absolute atomic E-state index is 5.83. The number of rotatable bonds is 4. The molecule has 9 nitrogen and oxygen atoms in total. The van der Waals surface area contributed by atoms with Gasteiger partial charge >= 0.3 is 0 Å². The van der Waals surface area contributed by atoms with Crippen molar-refractivity contribution in [2.75, 3.05) is 28.4 Å². The van der Waals surface area contributed by atoms with Crippen molar-refractivity contribution in [2.45, 2.75) is 18.0 Å². The highest BCUT2D eigenvalue weighted by molar-refractivity contribution is 4.88. The van der Waals surface area contributed by atoms with Crippen molar-refractivity contribution in [1.82, 2.24) is 16.0 Å². The summed E-state index contributed by atoms with van der Waals surface area (Å²) in [5.41, 5.74) is 11.7. The molecule has 96 valence electrons. The summed E-state index contributed by atoms with van der Waals surface area (Å²) in [6.07, 6.45) is 0. The van der Waals surface area contributed by atoms with Crippen LogP contribution in [-0.4, -0.2) is 46.4 Å².